The fraction of sp³-hybridized carbons (Fsp3) is 0.625. The summed E-state index contributed by atoms with van der Waals surface area (Å²) in [5.74, 6) is 2.67. The summed E-state index contributed by atoms with van der Waals surface area (Å²) in [5.41, 5.74) is 1.28. The van der Waals surface area contributed by atoms with Crippen LogP contribution in [0.15, 0.2) is 24.3 Å². The van der Waals surface area contributed by atoms with Crippen LogP contribution in [0.3, 0.4) is 0 Å². The molecule has 0 radical (unpaired) electrons. The van der Waals surface area contributed by atoms with Crippen molar-refractivity contribution < 1.29 is 4.74 Å². The highest BCUT2D eigenvalue weighted by Crippen LogP contribution is 2.28. The van der Waals surface area contributed by atoms with Crippen LogP contribution < -0.4 is 10.1 Å². The molecule has 2 heteroatoms. The van der Waals surface area contributed by atoms with Crippen LogP contribution in [0.2, 0.25) is 0 Å². The Morgan fingerprint density at radius 3 is 2.78 bits per heavy atom. The predicted octanol–water partition coefficient (Wildman–Crippen LogP) is 3.61. The summed E-state index contributed by atoms with van der Waals surface area (Å²) in [7, 11) is 0. The first-order valence-corrected chi connectivity index (χ1v) is 7.17. The van der Waals surface area contributed by atoms with Crippen molar-refractivity contribution in [3.8, 4) is 5.75 Å². The zero-order chi connectivity index (χ0) is 12.8. The fourth-order valence-corrected chi connectivity index (χ4v) is 1.93. The second kappa shape index (κ2) is 6.79. The molecule has 2 nitrogen and oxygen atoms in total. The molecule has 1 aromatic rings. The van der Waals surface area contributed by atoms with E-state index in [1.165, 1.54) is 18.4 Å². The normalized spacial score (nSPS) is 15.1. The van der Waals surface area contributed by atoms with Gasteiger partial charge in [-0.25, -0.2) is 0 Å². The maximum absolute atomic E-state index is 5.88. The topological polar surface area (TPSA) is 21.3 Å². The second-order valence-electron chi connectivity index (χ2n) is 5.71. The molecule has 100 valence electrons. The van der Waals surface area contributed by atoms with E-state index in [2.05, 4.69) is 43.4 Å². The van der Waals surface area contributed by atoms with E-state index in [1.54, 1.807) is 0 Å². The summed E-state index contributed by atoms with van der Waals surface area (Å²) in [4.78, 5) is 0. The third kappa shape index (κ3) is 4.69. The molecule has 1 aromatic carbocycles. The first-order chi connectivity index (χ1) is 8.75. The molecule has 18 heavy (non-hydrogen) atoms. The summed E-state index contributed by atoms with van der Waals surface area (Å²) < 4.78 is 5.88. The molecule has 1 N–H and O–H groups in total. The Kier molecular flexibility index (Phi) is 5.06. The third-order valence-corrected chi connectivity index (χ3v) is 3.37. The zero-order valence-electron chi connectivity index (χ0n) is 11.6. The molecule has 1 saturated carbocycles. The van der Waals surface area contributed by atoms with Gasteiger partial charge in [0.05, 0.1) is 6.61 Å². The summed E-state index contributed by atoms with van der Waals surface area (Å²) >= 11 is 0. The highest BCUT2D eigenvalue weighted by atomic mass is 16.5. The number of nitrogens with one attached hydrogen (secondary N) is 1. The monoisotopic (exact) mass is 247 g/mol. The van der Waals surface area contributed by atoms with Crippen molar-refractivity contribution in [1.82, 2.24) is 5.32 Å². The van der Waals surface area contributed by atoms with E-state index in [-0.39, 0.29) is 0 Å². The summed E-state index contributed by atoms with van der Waals surface area (Å²) in [5, 5.41) is 3.52. The van der Waals surface area contributed by atoms with Crippen molar-refractivity contribution in [2.75, 3.05) is 13.2 Å². The fourth-order valence-electron chi connectivity index (χ4n) is 1.93. The van der Waals surface area contributed by atoms with Crippen molar-refractivity contribution >= 4 is 0 Å². The molecule has 0 saturated heterocycles. The van der Waals surface area contributed by atoms with Gasteiger partial charge in [-0.05, 0) is 43.7 Å². The SMILES string of the molecule is CC(C)CCOc1ccccc1CNCC1CC1. The maximum Gasteiger partial charge on any atom is 0.123 e. The molecule has 0 aliphatic heterocycles. The molecule has 1 fully saturated rings. The van der Waals surface area contributed by atoms with Gasteiger partial charge in [0.25, 0.3) is 0 Å². The number of hydrogen-bond donors (Lipinski definition) is 1. The third-order valence-electron chi connectivity index (χ3n) is 3.37. The van der Waals surface area contributed by atoms with E-state index >= 15 is 0 Å². The van der Waals surface area contributed by atoms with E-state index in [0.29, 0.717) is 5.92 Å². The van der Waals surface area contributed by atoms with Crippen LogP contribution in [0.1, 0.15) is 38.7 Å². The zero-order valence-corrected chi connectivity index (χ0v) is 11.6. The van der Waals surface area contributed by atoms with Crippen LogP contribution >= 0.6 is 0 Å². The molecule has 0 amide bonds. The van der Waals surface area contributed by atoms with Crippen LogP contribution in [-0.2, 0) is 6.54 Å². The quantitative estimate of drug-likeness (QED) is 0.757. The average molecular weight is 247 g/mol. The molecule has 0 bridgehead atoms. The van der Waals surface area contributed by atoms with E-state index < -0.39 is 0 Å². The lowest BCUT2D eigenvalue weighted by molar-refractivity contribution is 0.286. The molecule has 0 spiro atoms. The van der Waals surface area contributed by atoms with Crippen molar-refractivity contribution in [1.29, 1.82) is 0 Å². The Labute approximate surface area is 111 Å². The Morgan fingerprint density at radius 1 is 1.28 bits per heavy atom. The van der Waals surface area contributed by atoms with Gasteiger partial charge in [0, 0.05) is 12.1 Å². The Balaban J connectivity index is 1.79. The van der Waals surface area contributed by atoms with Crippen LogP contribution in [-0.4, -0.2) is 13.2 Å². The lowest BCUT2D eigenvalue weighted by Gasteiger charge is -2.13. The van der Waals surface area contributed by atoms with Crippen molar-refractivity contribution in [3.05, 3.63) is 29.8 Å². The number of rotatable bonds is 8. The summed E-state index contributed by atoms with van der Waals surface area (Å²) in [6.45, 7) is 7.35. The molecule has 2 rings (SSSR count). The maximum atomic E-state index is 5.88. The van der Waals surface area contributed by atoms with E-state index in [9.17, 15) is 0 Å². The van der Waals surface area contributed by atoms with Gasteiger partial charge >= 0.3 is 0 Å². The van der Waals surface area contributed by atoms with E-state index in [0.717, 1.165) is 37.8 Å². The summed E-state index contributed by atoms with van der Waals surface area (Å²) in [6.07, 6.45) is 3.92. The molecule has 0 unspecified atom stereocenters. The molecule has 0 heterocycles. The van der Waals surface area contributed by atoms with Gasteiger partial charge < -0.3 is 10.1 Å². The second-order valence-corrected chi connectivity index (χ2v) is 5.71. The van der Waals surface area contributed by atoms with E-state index in [1.807, 2.05) is 0 Å². The number of benzene rings is 1. The lowest BCUT2D eigenvalue weighted by atomic mass is 10.1. The Bertz CT molecular complexity index is 331. The minimum atomic E-state index is 0.699. The van der Waals surface area contributed by atoms with Crippen LogP contribution in [0.4, 0.5) is 0 Å². The standard InChI is InChI=1S/C16H25NO/c1-13(2)9-10-18-16-6-4-3-5-15(16)12-17-11-14-7-8-14/h3-6,13-14,17H,7-12H2,1-2H3. The molecule has 0 aromatic heterocycles. The molecule has 1 aliphatic rings. The van der Waals surface area contributed by atoms with Crippen molar-refractivity contribution in [2.24, 2.45) is 11.8 Å². The average Bonchev–Trinajstić information content (AvgIpc) is 3.15. The van der Waals surface area contributed by atoms with Gasteiger partial charge in [0.15, 0.2) is 0 Å². The van der Waals surface area contributed by atoms with Gasteiger partial charge in [-0.1, -0.05) is 32.0 Å². The van der Waals surface area contributed by atoms with Gasteiger partial charge in [-0.2, -0.15) is 0 Å². The van der Waals surface area contributed by atoms with Gasteiger partial charge in [-0.15, -0.1) is 0 Å². The highest BCUT2D eigenvalue weighted by Gasteiger charge is 2.20. The smallest absolute Gasteiger partial charge is 0.123 e. The lowest BCUT2D eigenvalue weighted by Crippen LogP contribution is -2.17. The van der Waals surface area contributed by atoms with Crippen molar-refractivity contribution in [2.45, 2.75) is 39.7 Å². The predicted molar refractivity (Wildman–Crippen MR) is 75.8 cm³/mol. The highest BCUT2D eigenvalue weighted by molar-refractivity contribution is 5.33. The van der Waals surface area contributed by atoms with Gasteiger partial charge in [0.2, 0.25) is 0 Å². The number of hydrogen-bond acceptors (Lipinski definition) is 2. The van der Waals surface area contributed by atoms with Crippen LogP contribution in [0.25, 0.3) is 0 Å². The van der Waals surface area contributed by atoms with Crippen LogP contribution in [0.5, 0.6) is 5.75 Å². The van der Waals surface area contributed by atoms with Crippen LogP contribution in [0, 0.1) is 11.8 Å². The van der Waals surface area contributed by atoms with Gasteiger partial charge in [0.1, 0.15) is 5.75 Å². The van der Waals surface area contributed by atoms with Gasteiger partial charge in [-0.3, -0.25) is 0 Å². The first-order valence-electron chi connectivity index (χ1n) is 7.17. The van der Waals surface area contributed by atoms with Crippen molar-refractivity contribution in [3.63, 3.8) is 0 Å². The number of para-hydroxylation sites is 1. The molecular weight excluding hydrogens is 222 g/mol. The molecule has 1 aliphatic carbocycles. The molecular formula is C16H25NO. The minimum Gasteiger partial charge on any atom is -0.493 e. The van der Waals surface area contributed by atoms with E-state index in [4.69, 9.17) is 4.74 Å². The summed E-state index contributed by atoms with van der Waals surface area (Å²) in [6, 6.07) is 8.37. The Hall–Kier alpha value is -1.02. The largest absolute Gasteiger partial charge is 0.493 e. The minimum absolute atomic E-state index is 0.699. The Morgan fingerprint density at radius 2 is 2.06 bits per heavy atom. The molecule has 0 atom stereocenters. The first kappa shape index (κ1) is 13.4. The number of ether oxygens (including phenoxy) is 1.